The number of imide groups is 1. The first-order chi connectivity index (χ1) is 11.6. The minimum absolute atomic E-state index is 0.196. The summed E-state index contributed by atoms with van der Waals surface area (Å²) in [6.07, 6.45) is 2.37. The average molecular weight is 340 g/mol. The normalized spacial score (nSPS) is 17.7. The van der Waals surface area contributed by atoms with Crippen LogP contribution in [0.15, 0.2) is 35.8 Å². The van der Waals surface area contributed by atoms with E-state index in [1.807, 2.05) is 42.8 Å². The number of para-hydroxylation sites is 1. The van der Waals surface area contributed by atoms with E-state index in [9.17, 15) is 9.59 Å². The minimum atomic E-state index is -0.530. The maximum Gasteiger partial charge on any atom is 0.325 e. The van der Waals surface area contributed by atoms with E-state index >= 15 is 0 Å². The minimum Gasteiger partial charge on any atom is -0.361 e. The molecule has 0 radical (unpaired) electrons. The van der Waals surface area contributed by atoms with Gasteiger partial charge in [0.15, 0.2) is 0 Å². The summed E-state index contributed by atoms with van der Waals surface area (Å²) in [6, 6.07) is 7.05. The number of carbonyl (C=O) groups is 2. The van der Waals surface area contributed by atoms with Gasteiger partial charge in [0.25, 0.3) is 5.91 Å². The van der Waals surface area contributed by atoms with E-state index < -0.39 is 6.04 Å². The lowest BCUT2D eigenvalue weighted by Crippen LogP contribution is -2.32. The van der Waals surface area contributed by atoms with Crippen molar-refractivity contribution in [3.8, 4) is 0 Å². The van der Waals surface area contributed by atoms with Gasteiger partial charge < -0.3 is 10.3 Å². The highest BCUT2D eigenvalue weighted by Gasteiger charge is 2.38. The van der Waals surface area contributed by atoms with Crippen LogP contribution in [-0.4, -0.2) is 32.8 Å². The summed E-state index contributed by atoms with van der Waals surface area (Å²) in [7, 11) is 0. The zero-order valence-corrected chi connectivity index (χ0v) is 13.9. The standard InChI is InChI=1S/C17H16N4O2S/c1-10-9-24-15(19-10)8-21-16(22)14(20-17(21)23)6-11-7-18-13-5-3-2-4-12(11)13/h2-5,7,9,14,18H,6,8H2,1H3,(H,20,23)/t14-/m0/s1. The fraction of sp³-hybridized carbons (Fsp3) is 0.235. The van der Waals surface area contributed by atoms with Crippen LogP contribution in [0.1, 0.15) is 16.3 Å². The maximum absolute atomic E-state index is 12.6. The van der Waals surface area contributed by atoms with E-state index in [-0.39, 0.29) is 18.5 Å². The first kappa shape index (κ1) is 14.9. The predicted octanol–water partition coefficient (Wildman–Crippen LogP) is 2.60. The van der Waals surface area contributed by atoms with Crippen molar-refractivity contribution in [1.82, 2.24) is 20.2 Å². The molecule has 3 amide bonds. The van der Waals surface area contributed by atoms with Crippen molar-refractivity contribution >= 4 is 34.2 Å². The molecule has 6 nitrogen and oxygen atoms in total. The molecule has 1 saturated heterocycles. The number of thiazole rings is 1. The second-order valence-corrected chi connectivity index (χ2v) is 6.82. The van der Waals surface area contributed by atoms with E-state index in [0.29, 0.717) is 6.42 Å². The quantitative estimate of drug-likeness (QED) is 0.717. The van der Waals surface area contributed by atoms with Gasteiger partial charge in [0.2, 0.25) is 0 Å². The number of nitrogens with one attached hydrogen (secondary N) is 2. The number of H-pyrrole nitrogens is 1. The number of hydrogen-bond donors (Lipinski definition) is 2. The van der Waals surface area contributed by atoms with Crippen LogP contribution in [0.2, 0.25) is 0 Å². The lowest BCUT2D eigenvalue weighted by molar-refractivity contribution is -0.127. The summed E-state index contributed by atoms with van der Waals surface area (Å²) in [6.45, 7) is 2.12. The Bertz CT molecular complexity index is 929. The molecule has 1 atom stereocenters. The molecule has 0 unspecified atom stereocenters. The second kappa shape index (κ2) is 5.76. The lowest BCUT2D eigenvalue weighted by Gasteiger charge is -2.11. The SMILES string of the molecule is Cc1csc(CN2C(=O)N[C@@H](Cc3c[nH]c4ccccc34)C2=O)n1. The molecule has 3 heterocycles. The molecular formula is C17H16N4O2S. The molecule has 0 bridgehead atoms. The summed E-state index contributed by atoms with van der Waals surface area (Å²) >= 11 is 1.46. The Labute approximate surface area is 142 Å². The molecule has 0 saturated carbocycles. The van der Waals surface area contributed by atoms with Gasteiger partial charge in [-0.2, -0.15) is 0 Å². The zero-order chi connectivity index (χ0) is 16.7. The molecule has 4 rings (SSSR count). The number of hydrogen-bond acceptors (Lipinski definition) is 4. The van der Waals surface area contributed by atoms with Gasteiger partial charge in [-0.1, -0.05) is 18.2 Å². The summed E-state index contributed by atoms with van der Waals surface area (Å²) in [4.78, 5) is 33.5. The Morgan fingerprint density at radius 2 is 2.12 bits per heavy atom. The molecule has 1 aliphatic rings. The van der Waals surface area contributed by atoms with Crippen LogP contribution in [0.4, 0.5) is 4.79 Å². The Balaban J connectivity index is 1.53. The molecule has 2 N–H and O–H groups in total. The summed E-state index contributed by atoms with van der Waals surface area (Å²) < 4.78 is 0. The number of benzene rings is 1. The largest absolute Gasteiger partial charge is 0.361 e. The molecule has 1 aliphatic heterocycles. The van der Waals surface area contributed by atoms with E-state index in [2.05, 4.69) is 15.3 Å². The summed E-state index contributed by atoms with van der Waals surface area (Å²) in [5.74, 6) is -0.196. The highest BCUT2D eigenvalue weighted by Crippen LogP contribution is 2.22. The van der Waals surface area contributed by atoms with Gasteiger partial charge in [-0.3, -0.25) is 9.69 Å². The number of urea groups is 1. The summed E-state index contributed by atoms with van der Waals surface area (Å²) in [5, 5.41) is 6.54. The lowest BCUT2D eigenvalue weighted by atomic mass is 10.1. The first-order valence-electron chi connectivity index (χ1n) is 7.69. The van der Waals surface area contributed by atoms with Crippen LogP contribution < -0.4 is 5.32 Å². The van der Waals surface area contributed by atoms with Gasteiger partial charge in [0.1, 0.15) is 11.0 Å². The maximum atomic E-state index is 12.6. The second-order valence-electron chi connectivity index (χ2n) is 5.87. The van der Waals surface area contributed by atoms with Crippen LogP contribution >= 0.6 is 11.3 Å². The highest BCUT2D eigenvalue weighted by molar-refractivity contribution is 7.09. The van der Waals surface area contributed by atoms with Gasteiger partial charge in [-0.05, 0) is 18.6 Å². The van der Waals surface area contributed by atoms with E-state index in [0.717, 1.165) is 27.2 Å². The van der Waals surface area contributed by atoms with Crippen molar-refractivity contribution < 1.29 is 9.59 Å². The molecule has 2 aromatic heterocycles. The van der Waals surface area contributed by atoms with Crippen molar-refractivity contribution in [2.45, 2.75) is 25.9 Å². The van der Waals surface area contributed by atoms with E-state index in [4.69, 9.17) is 0 Å². The van der Waals surface area contributed by atoms with Crippen LogP contribution in [0.5, 0.6) is 0 Å². The highest BCUT2D eigenvalue weighted by atomic mass is 32.1. The first-order valence-corrected chi connectivity index (χ1v) is 8.57. The van der Waals surface area contributed by atoms with Crippen molar-refractivity contribution in [3.05, 3.63) is 52.1 Å². The predicted molar refractivity (Wildman–Crippen MR) is 91.7 cm³/mol. The van der Waals surface area contributed by atoms with E-state index in [1.54, 1.807) is 0 Å². The third-order valence-corrected chi connectivity index (χ3v) is 5.12. The number of aryl methyl sites for hydroxylation is 1. The smallest absolute Gasteiger partial charge is 0.325 e. The van der Waals surface area contributed by atoms with Gasteiger partial charge in [0.05, 0.1) is 6.54 Å². The zero-order valence-electron chi connectivity index (χ0n) is 13.1. The third-order valence-electron chi connectivity index (χ3n) is 4.17. The van der Waals surface area contributed by atoms with Crippen molar-refractivity contribution in [2.75, 3.05) is 0 Å². The number of aromatic amines is 1. The number of amides is 3. The van der Waals surface area contributed by atoms with Crippen molar-refractivity contribution in [3.63, 3.8) is 0 Å². The molecule has 24 heavy (non-hydrogen) atoms. The van der Waals surface area contributed by atoms with Gasteiger partial charge >= 0.3 is 6.03 Å². The van der Waals surface area contributed by atoms with Crippen LogP contribution in [0.25, 0.3) is 10.9 Å². The van der Waals surface area contributed by atoms with Crippen molar-refractivity contribution in [1.29, 1.82) is 0 Å². The average Bonchev–Trinajstić information content (AvgIpc) is 3.24. The third kappa shape index (κ3) is 2.56. The molecule has 0 aliphatic carbocycles. The Kier molecular flexibility index (Phi) is 3.57. The Hall–Kier alpha value is -2.67. The molecule has 0 spiro atoms. The van der Waals surface area contributed by atoms with Crippen LogP contribution in [0.3, 0.4) is 0 Å². The molecule has 1 aromatic carbocycles. The monoisotopic (exact) mass is 340 g/mol. The van der Waals surface area contributed by atoms with Gasteiger partial charge in [-0.15, -0.1) is 11.3 Å². The van der Waals surface area contributed by atoms with Gasteiger partial charge in [-0.25, -0.2) is 9.78 Å². The number of aromatic nitrogens is 2. The topological polar surface area (TPSA) is 78.1 Å². The Morgan fingerprint density at radius 3 is 2.92 bits per heavy atom. The fourth-order valence-corrected chi connectivity index (χ4v) is 3.76. The number of rotatable bonds is 4. The van der Waals surface area contributed by atoms with E-state index in [1.165, 1.54) is 16.2 Å². The molecule has 3 aromatic rings. The van der Waals surface area contributed by atoms with Crippen LogP contribution in [-0.2, 0) is 17.8 Å². The number of carbonyl (C=O) groups excluding carboxylic acids is 2. The molecule has 7 heteroatoms. The molecule has 122 valence electrons. The summed E-state index contributed by atoms with van der Waals surface area (Å²) in [5.41, 5.74) is 2.95. The van der Waals surface area contributed by atoms with Crippen molar-refractivity contribution in [2.24, 2.45) is 0 Å². The van der Waals surface area contributed by atoms with Crippen LogP contribution in [0, 0.1) is 6.92 Å². The molecule has 1 fully saturated rings. The van der Waals surface area contributed by atoms with Gasteiger partial charge in [0, 0.05) is 34.6 Å². The number of nitrogens with zero attached hydrogens (tertiary/aromatic N) is 2. The number of fused-ring (bicyclic) bond motifs is 1. The Morgan fingerprint density at radius 1 is 1.29 bits per heavy atom. The fourth-order valence-electron chi connectivity index (χ4n) is 3.00. The molecular weight excluding hydrogens is 324 g/mol.